The van der Waals surface area contributed by atoms with E-state index in [-0.39, 0.29) is 6.71 Å². The predicted octanol–water partition coefficient (Wildman–Crippen LogP) is 12.2. The summed E-state index contributed by atoms with van der Waals surface area (Å²) in [5.74, 6) is 3.12. The van der Waals surface area contributed by atoms with Gasteiger partial charge in [0.2, 0.25) is 0 Å². The fourth-order valence-corrected chi connectivity index (χ4v) is 12.6. The maximum absolute atomic E-state index is 6.50. The molecule has 6 heterocycles. The van der Waals surface area contributed by atoms with Crippen molar-refractivity contribution in [3.63, 3.8) is 0 Å². The van der Waals surface area contributed by atoms with E-state index < -0.39 is 0 Å². The molecule has 9 heteroatoms. The van der Waals surface area contributed by atoms with Gasteiger partial charge in [0, 0.05) is 56.9 Å². The Bertz CT molecular complexity index is 3040. The molecule has 62 heavy (non-hydrogen) atoms. The Balaban J connectivity index is 1.16. The van der Waals surface area contributed by atoms with Crippen LogP contribution in [-0.4, -0.2) is 33.1 Å². The Morgan fingerprint density at radius 2 is 0.839 bits per heavy atom. The van der Waals surface area contributed by atoms with Gasteiger partial charge in [0.05, 0.1) is 47.8 Å². The zero-order valence-electron chi connectivity index (χ0n) is 34.0. The fraction of sp³-hybridized carbons (Fsp3) is 0.132. The second-order valence-corrected chi connectivity index (χ2v) is 18.5. The standard InChI is InChI=1S/C53H39BN2O4S2/c1-32-26-41-51-42(27-32)56(40-31-46-44(58-23-13-25-60-46)29-38(40)34-16-6-3-7-17-34)53-50(36-19-9-11-21-48(36)62-53)54(51)49-35-18-8-10-20-47(35)61-52(49)55(41)39-30-45-43(57-22-12-24-59-45)28-37(39)33-14-4-2-5-15-33/h2-11,14-21,26-31H,12-13,22-25H2,1H3. The molecule has 300 valence electrons. The van der Waals surface area contributed by atoms with Crippen LogP contribution in [0.4, 0.5) is 32.8 Å². The molecule has 4 aliphatic heterocycles. The van der Waals surface area contributed by atoms with Crippen molar-refractivity contribution in [2.75, 3.05) is 36.2 Å². The lowest BCUT2D eigenvalue weighted by atomic mass is 9.33. The van der Waals surface area contributed by atoms with Gasteiger partial charge in [0.1, 0.15) is 0 Å². The van der Waals surface area contributed by atoms with Gasteiger partial charge in [-0.25, -0.2) is 0 Å². The second-order valence-electron chi connectivity index (χ2n) is 16.4. The van der Waals surface area contributed by atoms with Crippen molar-refractivity contribution in [3.8, 4) is 45.3 Å². The minimum Gasteiger partial charge on any atom is -0.490 e. The number of nitrogens with zero attached hydrogens (tertiary/aromatic N) is 2. The van der Waals surface area contributed by atoms with Gasteiger partial charge in [0.15, 0.2) is 23.0 Å². The summed E-state index contributed by atoms with van der Waals surface area (Å²) in [6.45, 7) is 4.66. The number of fused-ring (bicyclic) bond motifs is 10. The molecule has 0 fully saturated rings. The van der Waals surface area contributed by atoms with Gasteiger partial charge in [-0.15, -0.1) is 22.7 Å². The van der Waals surface area contributed by atoms with Gasteiger partial charge in [-0.1, -0.05) is 97.1 Å². The SMILES string of the molecule is Cc1cc2c3c(c1)N(c1cc4c(cc1-c1ccccc1)OCCCO4)c1sc4ccccc4c1B3c1c(sc3ccccc13)N2c1cc2c(cc1-c1ccccc1)OCCCO2. The topological polar surface area (TPSA) is 43.4 Å². The molecular weight excluding hydrogens is 804 g/mol. The van der Waals surface area contributed by atoms with Crippen LogP contribution in [0.5, 0.6) is 23.0 Å². The minimum atomic E-state index is -0.0356. The van der Waals surface area contributed by atoms with Crippen molar-refractivity contribution in [1.29, 1.82) is 0 Å². The number of thiophene rings is 2. The third kappa shape index (κ3) is 5.47. The van der Waals surface area contributed by atoms with Crippen molar-refractivity contribution in [2.24, 2.45) is 0 Å². The molecule has 0 saturated heterocycles. The summed E-state index contributed by atoms with van der Waals surface area (Å²) in [5.41, 5.74) is 14.0. The van der Waals surface area contributed by atoms with E-state index in [1.807, 2.05) is 22.7 Å². The van der Waals surface area contributed by atoms with Gasteiger partial charge >= 0.3 is 0 Å². The van der Waals surface area contributed by atoms with Gasteiger partial charge in [-0.3, -0.25) is 0 Å². The minimum absolute atomic E-state index is 0.0356. The van der Waals surface area contributed by atoms with Crippen LogP contribution in [0.25, 0.3) is 42.4 Å². The molecule has 0 amide bonds. The van der Waals surface area contributed by atoms with Gasteiger partial charge in [-0.05, 0) is 87.2 Å². The van der Waals surface area contributed by atoms with Crippen LogP contribution < -0.4 is 45.1 Å². The molecule has 0 bridgehead atoms. The number of benzene rings is 7. The summed E-state index contributed by atoms with van der Waals surface area (Å²) >= 11 is 3.75. The van der Waals surface area contributed by atoms with E-state index in [1.54, 1.807) is 0 Å². The van der Waals surface area contributed by atoms with Gasteiger partial charge in [-0.2, -0.15) is 0 Å². The Morgan fingerprint density at radius 3 is 1.29 bits per heavy atom. The molecule has 6 nitrogen and oxygen atoms in total. The molecule has 0 unspecified atom stereocenters. The molecule has 2 aromatic heterocycles. The first-order valence-corrected chi connectivity index (χ1v) is 23.1. The number of hydrogen-bond donors (Lipinski definition) is 0. The average molecular weight is 843 g/mol. The Hall–Kier alpha value is -6.68. The molecule has 0 spiro atoms. The first kappa shape index (κ1) is 36.0. The van der Waals surface area contributed by atoms with Crippen molar-refractivity contribution in [3.05, 3.63) is 151 Å². The van der Waals surface area contributed by atoms with E-state index in [0.29, 0.717) is 26.4 Å². The Morgan fingerprint density at radius 1 is 0.435 bits per heavy atom. The number of ether oxygens (including phenoxy) is 4. The molecule has 9 aromatic rings. The number of hydrogen-bond acceptors (Lipinski definition) is 8. The van der Waals surface area contributed by atoms with E-state index >= 15 is 0 Å². The largest absolute Gasteiger partial charge is 0.490 e. The average Bonchev–Trinajstić information content (AvgIpc) is 3.67. The first-order valence-electron chi connectivity index (χ1n) is 21.4. The first-order chi connectivity index (χ1) is 30.7. The smallest absolute Gasteiger partial charge is 0.256 e. The predicted molar refractivity (Wildman–Crippen MR) is 258 cm³/mol. The highest BCUT2D eigenvalue weighted by molar-refractivity contribution is 7.29. The Kier molecular flexibility index (Phi) is 8.25. The maximum atomic E-state index is 6.50. The lowest BCUT2D eigenvalue weighted by molar-refractivity contribution is 0.296. The van der Waals surface area contributed by atoms with Crippen LogP contribution in [-0.2, 0) is 0 Å². The molecule has 0 atom stereocenters. The lowest BCUT2D eigenvalue weighted by Crippen LogP contribution is -2.60. The molecule has 7 aromatic carbocycles. The quantitative estimate of drug-likeness (QED) is 0.164. The van der Waals surface area contributed by atoms with Crippen LogP contribution in [0, 0.1) is 6.92 Å². The lowest BCUT2D eigenvalue weighted by Gasteiger charge is -2.43. The fourth-order valence-electron chi connectivity index (χ4n) is 10.0. The van der Waals surface area contributed by atoms with E-state index in [9.17, 15) is 0 Å². The highest BCUT2D eigenvalue weighted by atomic mass is 32.1. The summed E-state index contributed by atoms with van der Waals surface area (Å²) in [4.78, 5) is 5.09. The van der Waals surface area contributed by atoms with Gasteiger partial charge in [0.25, 0.3) is 6.71 Å². The summed E-state index contributed by atoms with van der Waals surface area (Å²) in [6, 6.07) is 53.1. The van der Waals surface area contributed by atoms with Gasteiger partial charge < -0.3 is 28.7 Å². The number of aryl methyl sites for hydroxylation is 1. The number of anilines is 6. The monoisotopic (exact) mass is 842 g/mol. The Labute approximate surface area is 368 Å². The maximum Gasteiger partial charge on any atom is 0.256 e. The van der Waals surface area contributed by atoms with E-state index in [0.717, 1.165) is 80.8 Å². The summed E-state index contributed by atoms with van der Waals surface area (Å²) < 4.78 is 28.3. The molecule has 4 aliphatic rings. The molecule has 13 rings (SSSR count). The summed E-state index contributed by atoms with van der Waals surface area (Å²) in [5, 5.41) is 5.01. The van der Waals surface area contributed by atoms with Crippen LogP contribution in [0.3, 0.4) is 0 Å². The van der Waals surface area contributed by atoms with Crippen LogP contribution in [0.15, 0.2) is 146 Å². The highest BCUT2D eigenvalue weighted by Gasteiger charge is 2.48. The summed E-state index contributed by atoms with van der Waals surface area (Å²) in [7, 11) is 0. The van der Waals surface area contributed by atoms with Crippen LogP contribution >= 0.6 is 22.7 Å². The molecule has 0 N–H and O–H groups in total. The van der Waals surface area contributed by atoms with Crippen LogP contribution in [0.1, 0.15) is 18.4 Å². The van der Waals surface area contributed by atoms with Crippen LogP contribution in [0.2, 0.25) is 0 Å². The summed E-state index contributed by atoms with van der Waals surface area (Å²) in [6.07, 6.45) is 1.67. The van der Waals surface area contributed by atoms with Crippen molar-refractivity contribution in [2.45, 2.75) is 19.8 Å². The normalized spacial score (nSPS) is 14.9. The molecule has 0 saturated carbocycles. The van der Waals surface area contributed by atoms with Crippen molar-refractivity contribution in [1.82, 2.24) is 0 Å². The zero-order valence-corrected chi connectivity index (χ0v) is 35.7. The van der Waals surface area contributed by atoms with E-state index in [2.05, 4.69) is 162 Å². The molecule has 0 aliphatic carbocycles. The molecule has 0 radical (unpaired) electrons. The number of rotatable bonds is 4. The molecular formula is C53H39BN2O4S2. The van der Waals surface area contributed by atoms with Crippen molar-refractivity contribution >= 4 is 98.7 Å². The van der Waals surface area contributed by atoms with Crippen molar-refractivity contribution < 1.29 is 18.9 Å². The highest BCUT2D eigenvalue weighted by Crippen LogP contribution is 2.55. The van der Waals surface area contributed by atoms with E-state index in [4.69, 9.17) is 18.9 Å². The zero-order chi connectivity index (χ0) is 40.9. The third-order valence-corrected chi connectivity index (χ3v) is 15.0. The van der Waals surface area contributed by atoms with E-state index in [1.165, 1.54) is 52.1 Å². The third-order valence-electron chi connectivity index (χ3n) is 12.6. The second kappa shape index (κ2) is 14.2.